The maximum absolute atomic E-state index is 12.9. The molecule has 0 amide bonds. The molecule has 0 aromatic carbocycles. The molecule has 106 valence electrons. The Hall–Kier alpha value is -0.750. The highest BCUT2D eigenvalue weighted by molar-refractivity contribution is 5.99. The Morgan fingerprint density at radius 1 is 1.26 bits per heavy atom. The van der Waals surface area contributed by atoms with Gasteiger partial charge < -0.3 is 18.9 Å². The predicted octanol–water partition coefficient (Wildman–Crippen LogP) is 0.925. The average molecular weight is 268 g/mol. The van der Waals surface area contributed by atoms with Crippen LogP contribution in [0.1, 0.15) is 13.3 Å². The van der Waals surface area contributed by atoms with Crippen LogP contribution in [0.5, 0.6) is 0 Å². The van der Waals surface area contributed by atoms with E-state index in [4.69, 9.17) is 18.9 Å². The van der Waals surface area contributed by atoms with Crippen molar-refractivity contribution in [3.05, 3.63) is 11.6 Å². The summed E-state index contributed by atoms with van der Waals surface area (Å²) in [6.07, 6.45) is 2.56. The first-order valence-corrected chi connectivity index (χ1v) is 6.58. The van der Waals surface area contributed by atoms with Gasteiger partial charge in [0, 0.05) is 39.8 Å². The number of hydrogen-bond acceptors (Lipinski definition) is 5. The highest BCUT2D eigenvalue weighted by Crippen LogP contribution is 2.56. The number of rotatable bonds is 3. The van der Waals surface area contributed by atoms with Crippen molar-refractivity contribution >= 4 is 5.78 Å². The second kappa shape index (κ2) is 4.12. The molecular formula is C14H20O5. The van der Waals surface area contributed by atoms with Gasteiger partial charge in [0.2, 0.25) is 11.6 Å². The number of fused-ring (bicyclic) bond motifs is 1. The summed E-state index contributed by atoms with van der Waals surface area (Å²) in [4.78, 5) is 12.9. The van der Waals surface area contributed by atoms with Crippen molar-refractivity contribution in [3.63, 3.8) is 0 Å². The Balaban J connectivity index is 2.22. The minimum Gasteiger partial charge on any atom is -0.374 e. The van der Waals surface area contributed by atoms with Gasteiger partial charge in [0.25, 0.3) is 0 Å². The Morgan fingerprint density at radius 2 is 1.95 bits per heavy atom. The lowest BCUT2D eigenvalue weighted by molar-refractivity contribution is -0.273. The summed E-state index contributed by atoms with van der Waals surface area (Å²) >= 11 is 0. The van der Waals surface area contributed by atoms with Gasteiger partial charge in [0.1, 0.15) is 6.10 Å². The Kier molecular flexibility index (Phi) is 2.87. The van der Waals surface area contributed by atoms with Crippen LogP contribution in [0.25, 0.3) is 0 Å². The molecule has 5 heteroatoms. The summed E-state index contributed by atoms with van der Waals surface area (Å²) < 4.78 is 22.5. The lowest BCUT2D eigenvalue weighted by atomic mass is 9.57. The van der Waals surface area contributed by atoms with Crippen LogP contribution >= 0.6 is 0 Å². The van der Waals surface area contributed by atoms with Crippen LogP contribution < -0.4 is 0 Å². The van der Waals surface area contributed by atoms with Crippen molar-refractivity contribution in [3.8, 4) is 0 Å². The molecule has 5 nitrogen and oxygen atoms in total. The van der Waals surface area contributed by atoms with E-state index in [1.54, 1.807) is 7.11 Å². The van der Waals surface area contributed by atoms with E-state index in [1.807, 2.05) is 13.0 Å². The molecule has 0 aromatic rings. The number of methoxy groups -OCH3 is 3. The van der Waals surface area contributed by atoms with Gasteiger partial charge in [-0.05, 0) is 19.4 Å². The quantitative estimate of drug-likeness (QED) is 0.563. The average Bonchev–Trinajstić information content (AvgIpc) is 2.91. The van der Waals surface area contributed by atoms with Gasteiger partial charge in [-0.1, -0.05) is 5.57 Å². The fourth-order valence-electron chi connectivity index (χ4n) is 4.22. The van der Waals surface area contributed by atoms with Crippen LogP contribution in [0.3, 0.4) is 0 Å². The predicted molar refractivity (Wildman–Crippen MR) is 66.6 cm³/mol. The van der Waals surface area contributed by atoms with Crippen LogP contribution in [-0.2, 0) is 23.7 Å². The molecule has 19 heavy (non-hydrogen) atoms. The molecule has 0 aromatic heterocycles. The van der Waals surface area contributed by atoms with Crippen LogP contribution in [0.15, 0.2) is 11.6 Å². The van der Waals surface area contributed by atoms with Crippen molar-refractivity contribution in [1.29, 1.82) is 0 Å². The molecule has 4 aliphatic rings. The molecule has 0 unspecified atom stereocenters. The molecule has 2 bridgehead atoms. The second-order valence-electron chi connectivity index (χ2n) is 5.51. The third-order valence-corrected chi connectivity index (χ3v) is 4.95. The van der Waals surface area contributed by atoms with Crippen LogP contribution in [0.2, 0.25) is 0 Å². The molecule has 1 heterocycles. The second-order valence-corrected chi connectivity index (χ2v) is 5.51. The molecule has 4 rings (SSSR count). The Morgan fingerprint density at radius 3 is 2.53 bits per heavy atom. The molecule has 2 fully saturated rings. The molecule has 3 aliphatic carbocycles. The number of ketones is 1. The van der Waals surface area contributed by atoms with Gasteiger partial charge in [-0.2, -0.15) is 0 Å². The highest BCUT2D eigenvalue weighted by Gasteiger charge is 2.72. The molecule has 1 saturated carbocycles. The summed E-state index contributed by atoms with van der Waals surface area (Å²) in [5.41, 5.74) is 0.00310. The minimum absolute atomic E-state index is 0.0977. The maximum atomic E-state index is 12.9. The first-order chi connectivity index (χ1) is 9.07. The SMILES string of the molecule is COC1(OC)C(=O)[C@@]2(OC)C=C(C)[C@@H]1[C@@H]1CCO[C@@H]12. The third kappa shape index (κ3) is 1.31. The van der Waals surface area contributed by atoms with Gasteiger partial charge in [0.15, 0.2) is 5.60 Å². The van der Waals surface area contributed by atoms with Crippen molar-refractivity contribution < 1.29 is 23.7 Å². The van der Waals surface area contributed by atoms with Gasteiger partial charge in [0.05, 0.1) is 0 Å². The van der Waals surface area contributed by atoms with Crippen molar-refractivity contribution in [2.75, 3.05) is 27.9 Å². The molecule has 0 spiro atoms. The normalized spacial score (nSPS) is 43.3. The smallest absolute Gasteiger partial charge is 0.239 e. The zero-order valence-corrected chi connectivity index (χ0v) is 11.8. The van der Waals surface area contributed by atoms with E-state index in [2.05, 4.69) is 0 Å². The topological polar surface area (TPSA) is 54.0 Å². The summed E-state index contributed by atoms with van der Waals surface area (Å²) in [6, 6.07) is 0. The van der Waals surface area contributed by atoms with E-state index >= 15 is 0 Å². The number of carbonyl (C=O) groups is 1. The molecule has 0 radical (unpaired) electrons. The lowest BCUT2D eigenvalue weighted by Crippen LogP contribution is -2.73. The van der Waals surface area contributed by atoms with Crippen LogP contribution in [0.4, 0.5) is 0 Å². The third-order valence-electron chi connectivity index (χ3n) is 4.95. The molecule has 4 atom stereocenters. The molecule has 1 saturated heterocycles. The van der Waals surface area contributed by atoms with Gasteiger partial charge >= 0.3 is 0 Å². The zero-order valence-electron chi connectivity index (χ0n) is 11.8. The summed E-state index contributed by atoms with van der Waals surface area (Å²) in [5.74, 6) is -1.34. The number of carbonyl (C=O) groups excluding carboxylic acids is 1. The van der Waals surface area contributed by atoms with Crippen LogP contribution in [0, 0.1) is 11.8 Å². The standard InChI is InChI=1S/C14H20O5/c1-8-7-13(16-2)11-9(5-6-19-11)10(8)14(17-3,18-4)12(13)15/h7,9-11H,5-6H2,1-4H3/t9-,10+,11-,13+/m0/s1. The fraction of sp³-hybridized carbons (Fsp3) is 0.786. The molecular weight excluding hydrogens is 248 g/mol. The highest BCUT2D eigenvalue weighted by atomic mass is 16.7. The van der Waals surface area contributed by atoms with Crippen molar-refractivity contribution in [2.45, 2.75) is 30.8 Å². The van der Waals surface area contributed by atoms with E-state index in [1.165, 1.54) is 14.2 Å². The van der Waals surface area contributed by atoms with Gasteiger partial charge in [-0.3, -0.25) is 4.79 Å². The summed E-state index contributed by atoms with van der Waals surface area (Å²) in [7, 11) is 4.58. The van der Waals surface area contributed by atoms with Crippen molar-refractivity contribution in [1.82, 2.24) is 0 Å². The monoisotopic (exact) mass is 268 g/mol. The van der Waals surface area contributed by atoms with E-state index in [9.17, 15) is 4.79 Å². The minimum atomic E-state index is -1.25. The largest absolute Gasteiger partial charge is 0.374 e. The first-order valence-electron chi connectivity index (χ1n) is 6.58. The van der Waals surface area contributed by atoms with Gasteiger partial charge in [-0.15, -0.1) is 0 Å². The van der Waals surface area contributed by atoms with E-state index in [0.29, 0.717) is 6.61 Å². The Labute approximate surface area is 112 Å². The van der Waals surface area contributed by atoms with Crippen molar-refractivity contribution in [2.24, 2.45) is 11.8 Å². The number of hydrogen-bond donors (Lipinski definition) is 0. The molecule has 0 N–H and O–H groups in total. The number of Topliss-reactive ketones (excluding diaryl/α,β-unsaturated/α-hetero) is 1. The lowest BCUT2D eigenvalue weighted by Gasteiger charge is -2.56. The zero-order chi connectivity index (χ0) is 13.8. The van der Waals surface area contributed by atoms with E-state index in [-0.39, 0.29) is 23.7 Å². The Bertz CT molecular complexity index is 439. The summed E-state index contributed by atoms with van der Waals surface area (Å²) in [5, 5.41) is 0. The first kappa shape index (κ1) is 13.2. The summed E-state index contributed by atoms with van der Waals surface area (Å²) in [6.45, 7) is 2.65. The maximum Gasteiger partial charge on any atom is 0.239 e. The van der Waals surface area contributed by atoms with E-state index < -0.39 is 11.4 Å². The number of ether oxygens (including phenoxy) is 4. The van der Waals surface area contributed by atoms with Crippen LogP contribution in [-0.4, -0.2) is 51.2 Å². The molecule has 1 aliphatic heterocycles. The van der Waals surface area contributed by atoms with Gasteiger partial charge in [-0.25, -0.2) is 0 Å². The van der Waals surface area contributed by atoms with E-state index in [0.717, 1.165) is 12.0 Å². The fourth-order valence-corrected chi connectivity index (χ4v) is 4.22.